The fraction of sp³-hybridized carbons (Fsp3) is 0.333. The van der Waals surface area contributed by atoms with Gasteiger partial charge in [-0.15, -0.1) is 0 Å². The first-order valence-electron chi connectivity index (χ1n) is 9.12. The highest BCUT2D eigenvalue weighted by Gasteiger charge is 2.43. The molecule has 2 atom stereocenters. The van der Waals surface area contributed by atoms with Crippen LogP contribution in [-0.2, 0) is 20.0 Å². The molecule has 0 bridgehead atoms. The molecule has 132 valence electrons. The van der Waals surface area contributed by atoms with Crippen molar-refractivity contribution >= 4 is 0 Å². The van der Waals surface area contributed by atoms with E-state index in [4.69, 9.17) is 5.10 Å². The number of benzene rings is 1. The van der Waals surface area contributed by atoms with Gasteiger partial charge in [-0.1, -0.05) is 18.2 Å². The number of aromatic nitrogens is 3. The van der Waals surface area contributed by atoms with Crippen molar-refractivity contribution in [2.75, 3.05) is 13.1 Å². The molecule has 26 heavy (non-hydrogen) atoms. The van der Waals surface area contributed by atoms with Crippen molar-refractivity contribution in [1.29, 1.82) is 0 Å². The highest BCUT2D eigenvalue weighted by atomic mass is 19.1. The van der Waals surface area contributed by atoms with Gasteiger partial charge in [-0.05, 0) is 36.1 Å². The molecule has 0 radical (unpaired) electrons. The second-order valence-corrected chi connectivity index (χ2v) is 7.47. The van der Waals surface area contributed by atoms with E-state index in [1.165, 1.54) is 22.9 Å². The van der Waals surface area contributed by atoms with E-state index >= 15 is 0 Å². The Kier molecular flexibility index (Phi) is 3.64. The second kappa shape index (κ2) is 6.02. The third kappa shape index (κ3) is 2.54. The Balaban J connectivity index is 1.45. The Morgan fingerprint density at radius 1 is 1.19 bits per heavy atom. The lowest BCUT2D eigenvalue weighted by atomic mass is 9.94. The molecule has 0 spiro atoms. The van der Waals surface area contributed by atoms with Crippen LogP contribution >= 0.6 is 0 Å². The summed E-state index contributed by atoms with van der Waals surface area (Å²) in [4.78, 5) is 6.74. The van der Waals surface area contributed by atoms with Crippen LogP contribution in [0.4, 0.5) is 4.39 Å². The molecule has 2 aromatic heterocycles. The molecule has 3 aromatic rings. The molecule has 5 heteroatoms. The molecule has 2 aliphatic rings. The predicted molar refractivity (Wildman–Crippen MR) is 98.1 cm³/mol. The molecule has 1 saturated heterocycles. The number of hydrogen-bond donors (Lipinski definition) is 0. The summed E-state index contributed by atoms with van der Waals surface area (Å²) >= 11 is 0. The number of fused-ring (bicyclic) bond motifs is 3. The smallest absolute Gasteiger partial charge is 0.123 e. The van der Waals surface area contributed by atoms with Gasteiger partial charge in [0.25, 0.3) is 0 Å². The zero-order chi connectivity index (χ0) is 17.7. The van der Waals surface area contributed by atoms with Crippen molar-refractivity contribution in [3.05, 3.63) is 71.4 Å². The molecule has 1 aromatic carbocycles. The van der Waals surface area contributed by atoms with Gasteiger partial charge in [0, 0.05) is 61.8 Å². The quantitative estimate of drug-likeness (QED) is 0.728. The van der Waals surface area contributed by atoms with Crippen LogP contribution in [0, 0.1) is 11.7 Å². The van der Waals surface area contributed by atoms with Crippen LogP contribution in [0.5, 0.6) is 0 Å². The molecule has 0 saturated carbocycles. The maximum atomic E-state index is 13.7. The predicted octanol–water partition coefficient (Wildman–Crippen LogP) is 3.39. The molecule has 4 nitrogen and oxygen atoms in total. The van der Waals surface area contributed by atoms with Crippen LogP contribution in [0.2, 0.25) is 0 Å². The summed E-state index contributed by atoms with van der Waals surface area (Å²) in [6.45, 7) is 3.06. The Morgan fingerprint density at radius 2 is 2.12 bits per heavy atom. The first-order valence-corrected chi connectivity index (χ1v) is 9.12. The zero-order valence-electron chi connectivity index (χ0n) is 14.8. The van der Waals surface area contributed by atoms with Gasteiger partial charge in [0.05, 0.1) is 5.69 Å². The van der Waals surface area contributed by atoms with Crippen LogP contribution in [0.25, 0.3) is 11.3 Å². The largest absolute Gasteiger partial charge is 0.298 e. The summed E-state index contributed by atoms with van der Waals surface area (Å²) in [6, 6.07) is 10.9. The normalized spacial score (nSPS) is 21.8. The van der Waals surface area contributed by atoms with E-state index in [1.54, 1.807) is 12.1 Å². The van der Waals surface area contributed by atoms with Crippen molar-refractivity contribution in [2.24, 2.45) is 13.0 Å². The summed E-state index contributed by atoms with van der Waals surface area (Å²) in [5, 5.41) is 4.73. The van der Waals surface area contributed by atoms with Gasteiger partial charge in [-0.3, -0.25) is 14.6 Å². The number of hydrogen-bond acceptors (Lipinski definition) is 3. The van der Waals surface area contributed by atoms with E-state index in [0.717, 1.165) is 37.3 Å². The Morgan fingerprint density at radius 3 is 2.92 bits per heavy atom. The van der Waals surface area contributed by atoms with E-state index in [1.807, 2.05) is 36.3 Å². The number of rotatable bonds is 3. The first kappa shape index (κ1) is 15.7. The number of aryl methyl sites for hydroxylation is 1. The summed E-state index contributed by atoms with van der Waals surface area (Å²) in [5.41, 5.74) is 5.74. The maximum absolute atomic E-state index is 13.7. The molecule has 0 N–H and O–H groups in total. The maximum Gasteiger partial charge on any atom is 0.123 e. The van der Waals surface area contributed by atoms with Gasteiger partial charge >= 0.3 is 0 Å². The van der Waals surface area contributed by atoms with Gasteiger partial charge in [0.15, 0.2) is 0 Å². The molecule has 5 rings (SSSR count). The van der Waals surface area contributed by atoms with Gasteiger partial charge in [0.1, 0.15) is 5.82 Å². The number of halogens is 1. The molecule has 1 aliphatic carbocycles. The van der Waals surface area contributed by atoms with Crippen molar-refractivity contribution in [1.82, 2.24) is 19.7 Å². The van der Waals surface area contributed by atoms with Gasteiger partial charge < -0.3 is 0 Å². The van der Waals surface area contributed by atoms with Gasteiger partial charge in [-0.2, -0.15) is 5.10 Å². The summed E-state index contributed by atoms with van der Waals surface area (Å²) in [7, 11) is 2.01. The average molecular weight is 348 g/mol. The highest BCUT2D eigenvalue weighted by molar-refractivity contribution is 5.66. The molecule has 1 aliphatic heterocycles. The average Bonchev–Trinajstić information content (AvgIpc) is 3.27. The van der Waals surface area contributed by atoms with Crippen molar-refractivity contribution < 1.29 is 4.39 Å². The van der Waals surface area contributed by atoms with E-state index in [0.29, 0.717) is 11.8 Å². The Labute approximate surface area is 152 Å². The summed E-state index contributed by atoms with van der Waals surface area (Å²) < 4.78 is 15.7. The monoisotopic (exact) mass is 348 g/mol. The van der Waals surface area contributed by atoms with Crippen molar-refractivity contribution in [3.63, 3.8) is 0 Å². The fourth-order valence-electron chi connectivity index (χ4n) is 4.68. The first-order chi connectivity index (χ1) is 12.7. The number of nitrogens with zero attached hydrogens (tertiary/aromatic N) is 4. The van der Waals surface area contributed by atoms with E-state index < -0.39 is 0 Å². The Hall–Kier alpha value is -2.53. The second-order valence-electron chi connectivity index (χ2n) is 7.47. The molecular weight excluding hydrogens is 327 g/mol. The van der Waals surface area contributed by atoms with Crippen LogP contribution in [0.15, 0.2) is 48.8 Å². The van der Waals surface area contributed by atoms with Crippen molar-refractivity contribution in [2.45, 2.75) is 18.9 Å². The lowest BCUT2D eigenvalue weighted by Crippen LogP contribution is -2.21. The lowest BCUT2D eigenvalue weighted by molar-refractivity contribution is 0.313. The minimum Gasteiger partial charge on any atom is -0.298 e. The summed E-state index contributed by atoms with van der Waals surface area (Å²) in [6.07, 6.45) is 4.82. The molecule has 0 amide bonds. The van der Waals surface area contributed by atoms with Crippen LogP contribution in [-0.4, -0.2) is 32.8 Å². The molecule has 0 unspecified atom stereocenters. The third-order valence-electron chi connectivity index (χ3n) is 5.78. The topological polar surface area (TPSA) is 34.0 Å². The van der Waals surface area contributed by atoms with E-state index in [2.05, 4.69) is 16.0 Å². The zero-order valence-corrected chi connectivity index (χ0v) is 14.8. The molecular formula is C21H21FN4. The van der Waals surface area contributed by atoms with E-state index in [-0.39, 0.29) is 5.82 Å². The van der Waals surface area contributed by atoms with E-state index in [9.17, 15) is 4.39 Å². The fourth-order valence-corrected chi connectivity index (χ4v) is 4.68. The minimum atomic E-state index is -0.207. The molecule has 1 fully saturated rings. The van der Waals surface area contributed by atoms with Crippen molar-refractivity contribution in [3.8, 4) is 11.3 Å². The third-order valence-corrected chi connectivity index (χ3v) is 5.78. The minimum absolute atomic E-state index is 0.207. The number of pyridine rings is 1. The standard InChI is InChI=1S/C21H21FN4/c1-25-19-9-16-12-26(11-14-4-3-7-23-10-14)13-18(16)20(19)21(24-25)15-5-2-6-17(22)8-15/h2-8,10,16,18H,9,11-13H2,1H3/t16-,18+/m1/s1. The van der Waals surface area contributed by atoms with Crippen LogP contribution in [0.1, 0.15) is 22.7 Å². The Bertz CT molecular complexity index is 950. The molecule has 3 heterocycles. The lowest BCUT2D eigenvalue weighted by Gasteiger charge is -2.16. The van der Waals surface area contributed by atoms with Crippen LogP contribution in [0.3, 0.4) is 0 Å². The van der Waals surface area contributed by atoms with Gasteiger partial charge in [-0.25, -0.2) is 4.39 Å². The highest BCUT2D eigenvalue weighted by Crippen LogP contribution is 2.47. The SMILES string of the molecule is Cn1nc(-c2cccc(F)c2)c2c1C[C@@H]1CN(Cc3cccnc3)C[C@H]21. The van der Waals surface area contributed by atoms with Crippen LogP contribution < -0.4 is 0 Å². The number of likely N-dealkylation sites (tertiary alicyclic amines) is 1. The van der Waals surface area contributed by atoms with Gasteiger partial charge in [0.2, 0.25) is 0 Å². The summed E-state index contributed by atoms with van der Waals surface area (Å²) in [5.74, 6) is 0.896.